The van der Waals surface area contributed by atoms with E-state index in [4.69, 9.17) is 0 Å². The molecule has 0 nitrogen and oxygen atoms in total. The molecule has 2 aliphatic carbocycles. The van der Waals surface area contributed by atoms with Gasteiger partial charge in [-0.25, -0.2) is 12.1 Å². The zero-order chi connectivity index (χ0) is 19.1. The van der Waals surface area contributed by atoms with E-state index in [0.717, 1.165) is 6.42 Å². The molecule has 152 valence electrons. The number of aryl methyl sites for hydroxylation is 2. The van der Waals surface area contributed by atoms with E-state index < -0.39 is 0 Å². The first-order chi connectivity index (χ1) is 13.1. The summed E-state index contributed by atoms with van der Waals surface area (Å²) < 4.78 is 1.80. The van der Waals surface area contributed by atoms with Crippen LogP contribution in [0.25, 0.3) is 11.1 Å². The molecule has 3 aromatic carbocycles. The van der Waals surface area contributed by atoms with Crippen molar-refractivity contribution >= 4 is 3.21 Å². The quantitative estimate of drug-likeness (QED) is 0.312. The molecule has 3 aromatic rings. The predicted octanol–water partition coefficient (Wildman–Crippen LogP) is 0.758. The minimum absolute atomic E-state index is 0. The Bertz CT molecular complexity index is 807. The van der Waals surface area contributed by atoms with Crippen LogP contribution in [0.2, 0.25) is 0 Å². The van der Waals surface area contributed by atoms with Gasteiger partial charge in [-0.3, -0.25) is 0 Å². The van der Waals surface area contributed by atoms with Crippen molar-refractivity contribution in [3.63, 3.8) is 0 Å². The summed E-state index contributed by atoms with van der Waals surface area (Å²) in [5.74, 6) is 0. The van der Waals surface area contributed by atoms with Crippen LogP contribution in [-0.2, 0) is 30.7 Å². The van der Waals surface area contributed by atoms with Crippen LogP contribution in [-0.4, -0.2) is 3.21 Å². The maximum Gasteiger partial charge on any atom is -0.172 e. The number of benzene rings is 2. The van der Waals surface area contributed by atoms with Crippen LogP contribution in [0.4, 0.5) is 0 Å². The molecule has 0 saturated heterocycles. The maximum atomic E-state index is 3.38. The summed E-state index contributed by atoms with van der Waals surface area (Å²) in [6, 6.07) is 24.5. The van der Waals surface area contributed by atoms with E-state index in [-0.39, 0.29) is 24.8 Å². The molecule has 0 aliphatic heterocycles. The van der Waals surface area contributed by atoms with Crippen molar-refractivity contribution in [2.24, 2.45) is 0 Å². The van der Waals surface area contributed by atoms with Gasteiger partial charge in [0.15, 0.2) is 0 Å². The van der Waals surface area contributed by atoms with E-state index in [1.54, 1.807) is 27.4 Å². The zero-order valence-electron chi connectivity index (χ0n) is 17.3. The molecule has 0 spiro atoms. The van der Waals surface area contributed by atoms with Crippen molar-refractivity contribution in [3.8, 4) is 11.1 Å². The molecule has 0 amide bonds. The molecular formula is C26H28Cl2Zr-2. The second-order valence-electron chi connectivity index (χ2n) is 7.53. The Morgan fingerprint density at radius 1 is 0.862 bits per heavy atom. The van der Waals surface area contributed by atoms with Crippen molar-refractivity contribution < 1.29 is 49.0 Å². The Labute approximate surface area is 203 Å². The summed E-state index contributed by atoms with van der Waals surface area (Å²) in [5, 5.41) is 0. The average molecular weight is 503 g/mol. The SMILES string of the molecule is Cc1c[c-]c2c(c1)-c1cc(C)ccc1C2.[Cl-].[Cl-].[Zr+2]=[C]1CCCCC1.c1cc[cH-]c1. The first-order valence-corrected chi connectivity index (χ1v) is 11.2. The molecule has 0 heterocycles. The Hall–Kier alpha value is -0.877. The molecule has 0 atom stereocenters. The summed E-state index contributed by atoms with van der Waals surface area (Å²) in [4.78, 5) is 0. The first-order valence-electron chi connectivity index (χ1n) is 9.97. The Morgan fingerprint density at radius 2 is 1.52 bits per heavy atom. The van der Waals surface area contributed by atoms with E-state index in [2.05, 4.69) is 50.2 Å². The molecule has 0 aromatic heterocycles. The fourth-order valence-electron chi connectivity index (χ4n) is 3.61. The molecule has 29 heavy (non-hydrogen) atoms. The molecule has 0 N–H and O–H groups in total. The summed E-state index contributed by atoms with van der Waals surface area (Å²) in [6.07, 6.45) is 8.36. The van der Waals surface area contributed by atoms with Crippen molar-refractivity contribution in [1.82, 2.24) is 0 Å². The predicted molar refractivity (Wildman–Crippen MR) is 113 cm³/mol. The Kier molecular flexibility index (Phi) is 12.1. The van der Waals surface area contributed by atoms with E-state index in [0.29, 0.717) is 0 Å². The van der Waals surface area contributed by atoms with E-state index in [9.17, 15) is 0 Å². The minimum atomic E-state index is 0. The second kappa shape index (κ2) is 13.4. The molecule has 3 heteroatoms. The molecule has 0 bridgehead atoms. The van der Waals surface area contributed by atoms with E-state index in [1.165, 1.54) is 65.5 Å². The third-order valence-corrected chi connectivity index (χ3v) is 6.34. The monoisotopic (exact) mass is 500 g/mol. The van der Waals surface area contributed by atoms with Crippen LogP contribution < -0.4 is 24.8 Å². The van der Waals surface area contributed by atoms with Gasteiger partial charge in [-0.05, 0) is 13.3 Å². The van der Waals surface area contributed by atoms with Crippen molar-refractivity contribution in [2.75, 3.05) is 0 Å². The van der Waals surface area contributed by atoms with Crippen molar-refractivity contribution in [3.05, 3.63) is 89.0 Å². The number of hydrogen-bond acceptors (Lipinski definition) is 0. The molecular weight excluding hydrogens is 474 g/mol. The van der Waals surface area contributed by atoms with Gasteiger partial charge in [0.1, 0.15) is 0 Å². The average Bonchev–Trinajstić information content (AvgIpc) is 3.35. The number of halogens is 2. The topological polar surface area (TPSA) is 0 Å². The second-order valence-corrected chi connectivity index (χ2v) is 9.27. The largest absolute Gasteiger partial charge is 0.214 e. The number of fused-ring (bicyclic) bond motifs is 3. The van der Waals surface area contributed by atoms with Gasteiger partial charge in [0.25, 0.3) is 0 Å². The van der Waals surface area contributed by atoms with Crippen LogP contribution >= 0.6 is 0 Å². The van der Waals surface area contributed by atoms with E-state index in [1.807, 2.05) is 30.3 Å². The summed E-state index contributed by atoms with van der Waals surface area (Å²) >= 11 is 1.69. The van der Waals surface area contributed by atoms with Gasteiger partial charge < -0.3 is 24.8 Å². The molecule has 2 aliphatic rings. The van der Waals surface area contributed by atoms with Gasteiger partial charge in [0.05, 0.1) is 0 Å². The fourth-order valence-corrected chi connectivity index (χ4v) is 4.48. The third-order valence-electron chi connectivity index (χ3n) is 5.11. The van der Waals surface area contributed by atoms with Gasteiger partial charge in [0, 0.05) is 0 Å². The van der Waals surface area contributed by atoms with Gasteiger partial charge >= 0.3 is 59.5 Å². The molecule has 5 rings (SSSR count). The van der Waals surface area contributed by atoms with E-state index >= 15 is 0 Å². The normalized spacial score (nSPS) is 13.3. The van der Waals surface area contributed by atoms with Crippen molar-refractivity contribution in [2.45, 2.75) is 52.4 Å². The van der Waals surface area contributed by atoms with Gasteiger partial charge in [-0.1, -0.05) is 41.8 Å². The standard InChI is InChI=1S/C15H13.C6H10.C5H5.2ClH.Zr/c1-10-3-5-12-9-13-6-4-11(2)8-15(13)14(12)7-10;1-2-4-6-5-3-1;1-2-4-5-3-1;;;/h3-5,7-8H,9H2,1-2H3;1-5H2;1-5H;2*1H;/q-1;;-1;;;+2/p-2. The van der Waals surface area contributed by atoms with Crippen LogP contribution in [0.5, 0.6) is 0 Å². The Morgan fingerprint density at radius 3 is 2.07 bits per heavy atom. The smallest absolute Gasteiger partial charge is 0.172 e. The Balaban J connectivity index is 0.000000252. The molecule has 1 saturated carbocycles. The van der Waals surface area contributed by atoms with Crippen LogP contribution in [0.15, 0.2) is 60.7 Å². The summed E-state index contributed by atoms with van der Waals surface area (Å²) in [7, 11) is 0. The minimum Gasteiger partial charge on any atom is -0.214 e. The zero-order valence-corrected chi connectivity index (χ0v) is 21.2. The summed E-state index contributed by atoms with van der Waals surface area (Å²) in [6.45, 7) is 4.28. The molecule has 1 fully saturated rings. The van der Waals surface area contributed by atoms with Crippen molar-refractivity contribution in [1.29, 1.82) is 0 Å². The number of hydrogen-bond donors (Lipinski definition) is 0. The van der Waals surface area contributed by atoms with Gasteiger partial charge in [-0.2, -0.15) is 47.5 Å². The molecule has 0 radical (unpaired) electrons. The summed E-state index contributed by atoms with van der Waals surface area (Å²) in [5.41, 5.74) is 8.21. The van der Waals surface area contributed by atoms with Crippen LogP contribution in [0.3, 0.4) is 0 Å². The van der Waals surface area contributed by atoms with Crippen LogP contribution in [0.1, 0.15) is 54.4 Å². The third kappa shape index (κ3) is 8.05. The van der Waals surface area contributed by atoms with Gasteiger partial charge in [0.2, 0.25) is 0 Å². The fraction of sp³-hybridized carbons (Fsp3) is 0.308. The maximum absolute atomic E-state index is 3.38. The van der Waals surface area contributed by atoms with Crippen LogP contribution in [0, 0.1) is 19.9 Å². The first kappa shape index (κ1) is 26.2. The molecule has 0 unspecified atom stereocenters. The number of rotatable bonds is 0. The van der Waals surface area contributed by atoms with Gasteiger partial charge in [-0.15, -0.1) is 5.56 Å².